The van der Waals surface area contributed by atoms with Crippen LogP contribution in [0.4, 0.5) is 5.13 Å². The quantitative estimate of drug-likeness (QED) is 0.589. The average Bonchev–Trinajstić information content (AvgIpc) is 3.12. The summed E-state index contributed by atoms with van der Waals surface area (Å²) in [6, 6.07) is 7.10. The van der Waals surface area contributed by atoms with E-state index in [1.165, 1.54) is 21.9 Å². The van der Waals surface area contributed by atoms with E-state index in [0.29, 0.717) is 40.3 Å². The smallest absolute Gasteiger partial charge is 0.275 e. The van der Waals surface area contributed by atoms with E-state index in [4.69, 9.17) is 9.47 Å². The van der Waals surface area contributed by atoms with Crippen LogP contribution >= 0.6 is 11.3 Å². The van der Waals surface area contributed by atoms with E-state index in [-0.39, 0.29) is 18.0 Å². The molecule has 0 aliphatic rings. The number of rotatable bonds is 8. The third-order valence-corrected chi connectivity index (χ3v) is 5.28. The maximum Gasteiger partial charge on any atom is 0.275 e. The van der Waals surface area contributed by atoms with Gasteiger partial charge in [-0.05, 0) is 31.0 Å². The summed E-state index contributed by atoms with van der Waals surface area (Å²) in [6.07, 6.45) is 0.662. The number of benzene rings is 1. The van der Waals surface area contributed by atoms with Gasteiger partial charge >= 0.3 is 0 Å². The number of carbonyl (C=O) groups is 1. The molecule has 29 heavy (non-hydrogen) atoms. The maximum atomic E-state index is 12.3. The maximum absolute atomic E-state index is 12.3. The fourth-order valence-corrected chi connectivity index (χ4v) is 3.70. The number of aromatic nitrogens is 3. The summed E-state index contributed by atoms with van der Waals surface area (Å²) in [5, 5.41) is 7.69. The Morgan fingerprint density at radius 2 is 2.00 bits per heavy atom. The monoisotopic (exact) mass is 417 g/mol. The highest BCUT2D eigenvalue weighted by Crippen LogP contribution is 2.27. The van der Waals surface area contributed by atoms with E-state index in [1.54, 1.807) is 33.1 Å². The van der Waals surface area contributed by atoms with Crippen molar-refractivity contribution in [2.75, 3.05) is 39.3 Å². The summed E-state index contributed by atoms with van der Waals surface area (Å²) < 4.78 is 11.8. The van der Waals surface area contributed by atoms with Crippen molar-refractivity contribution in [2.24, 2.45) is 0 Å². The van der Waals surface area contributed by atoms with Gasteiger partial charge in [-0.3, -0.25) is 9.59 Å². The molecule has 2 aromatic heterocycles. The van der Waals surface area contributed by atoms with E-state index in [9.17, 15) is 9.59 Å². The molecule has 0 spiro atoms. The highest BCUT2D eigenvalue weighted by atomic mass is 32.1. The Kier molecular flexibility index (Phi) is 6.32. The Hall–Kier alpha value is -3.14. The first-order chi connectivity index (χ1) is 13.9. The van der Waals surface area contributed by atoms with Crippen LogP contribution in [-0.4, -0.2) is 54.9 Å². The Labute approximate surface area is 171 Å². The van der Waals surface area contributed by atoms with Gasteiger partial charge in [0.15, 0.2) is 11.5 Å². The molecule has 1 amide bonds. The molecule has 9 nitrogen and oxygen atoms in total. The van der Waals surface area contributed by atoms with Crippen LogP contribution in [0.2, 0.25) is 0 Å². The third kappa shape index (κ3) is 4.83. The fourth-order valence-electron chi connectivity index (χ4n) is 2.79. The third-order valence-electron chi connectivity index (χ3n) is 4.25. The molecule has 0 radical (unpaired) electrons. The summed E-state index contributed by atoms with van der Waals surface area (Å²) in [6.45, 7) is 2.37. The second-order valence-corrected chi connectivity index (χ2v) is 7.39. The second-order valence-electron chi connectivity index (χ2n) is 6.46. The van der Waals surface area contributed by atoms with Gasteiger partial charge in [-0.25, -0.2) is 4.98 Å². The van der Waals surface area contributed by atoms with Crippen LogP contribution in [0.1, 0.15) is 11.3 Å². The molecule has 0 saturated heterocycles. The molecular weight excluding hydrogens is 394 g/mol. The molecule has 0 atom stereocenters. The van der Waals surface area contributed by atoms with E-state index < -0.39 is 0 Å². The highest BCUT2D eigenvalue weighted by Gasteiger charge is 2.14. The molecule has 0 aliphatic heterocycles. The number of fused-ring (bicyclic) bond motifs is 1. The number of methoxy groups -OCH3 is 2. The average molecular weight is 417 g/mol. The van der Waals surface area contributed by atoms with Crippen molar-refractivity contribution in [2.45, 2.75) is 13.3 Å². The molecule has 0 saturated carbocycles. The van der Waals surface area contributed by atoms with Gasteiger partial charge < -0.3 is 19.7 Å². The molecule has 0 fully saturated rings. The van der Waals surface area contributed by atoms with Crippen LogP contribution in [0, 0.1) is 6.92 Å². The summed E-state index contributed by atoms with van der Waals surface area (Å²) >= 11 is 1.26. The lowest BCUT2D eigenvalue weighted by Crippen LogP contribution is -2.36. The molecule has 0 unspecified atom stereocenters. The van der Waals surface area contributed by atoms with Crippen LogP contribution in [0.15, 0.2) is 29.1 Å². The lowest BCUT2D eigenvalue weighted by molar-refractivity contribution is -0.119. The zero-order valence-electron chi connectivity index (χ0n) is 16.8. The first-order valence-corrected chi connectivity index (χ1v) is 9.79. The molecule has 1 N–H and O–H groups in total. The number of nitrogens with one attached hydrogen (secondary N) is 1. The zero-order chi connectivity index (χ0) is 21.0. The van der Waals surface area contributed by atoms with E-state index in [2.05, 4.69) is 15.4 Å². The van der Waals surface area contributed by atoms with Gasteiger partial charge in [0.05, 0.1) is 20.8 Å². The second kappa shape index (κ2) is 8.91. The molecule has 0 bridgehead atoms. The molecule has 3 aromatic rings. The predicted molar refractivity (Wildman–Crippen MR) is 111 cm³/mol. The molecular formula is C19H23N5O4S. The van der Waals surface area contributed by atoms with Gasteiger partial charge in [0, 0.05) is 25.4 Å². The van der Waals surface area contributed by atoms with Crippen LogP contribution in [0.3, 0.4) is 0 Å². The molecule has 2 heterocycles. The molecule has 0 aliphatic carbocycles. The number of carbonyl (C=O) groups excluding carboxylic acids is 1. The summed E-state index contributed by atoms with van der Waals surface area (Å²) in [4.78, 5) is 30.7. The Balaban J connectivity index is 1.55. The first kappa shape index (κ1) is 20.6. The van der Waals surface area contributed by atoms with Crippen molar-refractivity contribution in [1.29, 1.82) is 0 Å². The van der Waals surface area contributed by atoms with Crippen molar-refractivity contribution in [1.82, 2.24) is 19.9 Å². The van der Waals surface area contributed by atoms with Crippen LogP contribution in [0.5, 0.6) is 11.5 Å². The number of hydrogen-bond acceptors (Lipinski definition) is 8. The van der Waals surface area contributed by atoms with Crippen LogP contribution < -0.4 is 25.2 Å². The van der Waals surface area contributed by atoms with Gasteiger partial charge in [0.25, 0.3) is 5.56 Å². The Morgan fingerprint density at radius 1 is 1.24 bits per heavy atom. The highest BCUT2D eigenvalue weighted by molar-refractivity contribution is 7.20. The van der Waals surface area contributed by atoms with Crippen LogP contribution in [-0.2, 0) is 11.2 Å². The van der Waals surface area contributed by atoms with Crippen molar-refractivity contribution in [3.8, 4) is 11.5 Å². The van der Waals surface area contributed by atoms with E-state index in [1.807, 2.05) is 18.2 Å². The Bertz CT molecular complexity index is 1080. The van der Waals surface area contributed by atoms with Crippen molar-refractivity contribution < 1.29 is 14.3 Å². The summed E-state index contributed by atoms with van der Waals surface area (Å²) in [7, 11) is 4.93. The minimum Gasteiger partial charge on any atom is -0.493 e. The minimum absolute atomic E-state index is 0.124. The number of amides is 1. The topological polar surface area (TPSA) is 98.1 Å². The fraction of sp³-hybridized carbons (Fsp3) is 0.368. The van der Waals surface area contributed by atoms with Gasteiger partial charge in [-0.1, -0.05) is 17.4 Å². The lowest BCUT2D eigenvalue weighted by Gasteiger charge is -2.15. The van der Waals surface area contributed by atoms with Gasteiger partial charge in [-0.2, -0.15) is 4.52 Å². The minimum atomic E-state index is -0.234. The van der Waals surface area contributed by atoms with Crippen LogP contribution in [0.25, 0.3) is 4.96 Å². The largest absolute Gasteiger partial charge is 0.493 e. The SMILES string of the molecule is COc1ccc(CCNC(=O)CN(C)c2nn3c(=O)cc(C)nc3s2)cc1OC. The van der Waals surface area contributed by atoms with Crippen molar-refractivity contribution in [3.63, 3.8) is 0 Å². The standard InChI is InChI=1S/C19H23N5O4S/c1-12-9-17(26)24-18(21-12)29-19(22-24)23(2)11-16(25)20-8-7-13-5-6-14(27-3)15(10-13)28-4/h5-6,9-10H,7-8,11H2,1-4H3,(H,20,25). The molecule has 10 heteroatoms. The first-order valence-electron chi connectivity index (χ1n) is 8.97. The summed E-state index contributed by atoms with van der Waals surface area (Å²) in [5.41, 5.74) is 1.44. The number of aryl methyl sites for hydroxylation is 1. The van der Waals surface area contributed by atoms with Crippen molar-refractivity contribution >= 4 is 27.3 Å². The van der Waals surface area contributed by atoms with Gasteiger partial charge in [-0.15, -0.1) is 5.10 Å². The van der Waals surface area contributed by atoms with Crippen molar-refractivity contribution in [3.05, 3.63) is 45.9 Å². The lowest BCUT2D eigenvalue weighted by atomic mass is 10.1. The van der Waals surface area contributed by atoms with E-state index >= 15 is 0 Å². The molecule has 3 rings (SSSR count). The normalized spacial score (nSPS) is 10.8. The number of likely N-dealkylation sites (N-methyl/N-ethyl adjacent to an activating group) is 1. The molecule has 1 aromatic carbocycles. The molecule has 154 valence electrons. The number of nitrogens with zero attached hydrogens (tertiary/aromatic N) is 4. The van der Waals surface area contributed by atoms with E-state index in [0.717, 1.165) is 5.56 Å². The number of hydrogen-bond donors (Lipinski definition) is 1. The predicted octanol–water partition coefficient (Wildman–Crippen LogP) is 1.27. The summed E-state index contributed by atoms with van der Waals surface area (Å²) in [5.74, 6) is 1.19. The number of anilines is 1. The zero-order valence-corrected chi connectivity index (χ0v) is 17.6. The number of ether oxygens (including phenoxy) is 2. The Morgan fingerprint density at radius 3 is 2.72 bits per heavy atom. The van der Waals surface area contributed by atoms with Gasteiger partial charge in [0.2, 0.25) is 16.0 Å². The van der Waals surface area contributed by atoms with Gasteiger partial charge in [0.1, 0.15) is 0 Å².